The molecule has 0 aliphatic carbocycles. The summed E-state index contributed by atoms with van der Waals surface area (Å²) in [5.74, 6) is 0. The standard InChI is InChI=1S/C15H18N2O2S/c1-3-11-6-4-5-7-14(11)17-15-9-8-12(10-13(15)16)20(2,18)19/h4-10,17H,3,16H2,1-2H3. The van der Waals surface area contributed by atoms with Crippen LogP contribution in [0.15, 0.2) is 47.4 Å². The van der Waals surface area contributed by atoms with Crippen molar-refractivity contribution in [1.29, 1.82) is 0 Å². The average molecular weight is 290 g/mol. The summed E-state index contributed by atoms with van der Waals surface area (Å²) in [6, 6.07) is 12.7. The van der Waals surface area contributed by atoms with E-state index in [4.69, 9.17) is 5.73 Å². The molecule has 0 aliphatic heterocycles. The van der Waals surface area contributed by atoms with Crippen molar-refractivity contribution >= 4 is 26.9 Å². The van der Waals surface area contributed by atoms with E-state index in [1.54, 1.807) is 12.1 Å². The number of hydrogen-bond acceptors (Lipinski definition) is 4. The van der Waals surface area contributed by atoms with Crippen LogP contribution in [0, 0.1) is 0 Å². The van der Waals surface area contributed by atoms with Gasteiger partial charge in [-0.3, -0.25) is 0 Å². The average Bonchev–Trinajstić information content (AvgIpc) is 2.40. The lowest BCUT2D eigenvalue weighted by Crippen LogP contribution is -2.02. The Hall–Kier alpha value is -2.01. The van der Waals surface area contributed by atoms with Crippen LogP contribution < -0.4 is 11.1 Å². The fourth-order valence-electron chi connectivity index (χ4n) is 1.98. The van der Waals surface area contributed by atoms with Gasteiger partial charge in [-0.05, 0) is 36.2 Å². The smallest absolute Gasteiger partial charge is 0.175 e. The summed E-state index contributed by atoms with van der Waals surface area (Å²) in [4.78, 5) is 0.226. The highest BCUT2D eigenvalue weighted by Gasteiger charge is 2.10. The summed E-state index contributed by atoms with van der Waals surface area (Å²) in [6.07, 6.45) is 2.08. The van der Waals surface area contributed by atoms with Crippen LogP contribution in [0.5, 0.6) is 0 Å². The SMILES string of the molecule is CCc1ccccc1Nc1ccc(S(C)(=O)=O)cc1N. The number of hydrogen-bond donors (Lipinski definition) is 2. The zero-order valence-corrected chi connectivity index (χ0v) is 12.4. The molecule has 0 unspecified atom stereocenters. The summed E-state index contributed by atoms with van der Waals surface area (Å²) in [7, 11) is -3.24. The first-order chi connectivity index (χ1) is 9.41. The van der Waals surface area contributed by atoms with Gasteiger partial charge in [-0.1, -0.05) is 25.1 Å². The molecule has 0 bridgehead atoms. The van der Waals surface area contributed by atoms with E-state index >= 15 is 0 Å². The van der Waals surface area contributed by atoms with E-state index in [9.17, 15) is 8.42 Å². The first-order valence-corrected chi connectivity index (χ1v) is 8.25. The molecule has 0 atom stereocenters. The maximum Gasteiger partial charge on any atom is 0.175 e. The Morgan fingerprint density at radius 3 is 2.40 bits per heavy atom. The second-order valence-corrected chi connectivity index (χ2v) is 6.67. The number of anilines is 3. The topological polar surface area (TPSA) is 72.2 Å². The van der Waals surface area contributed by atoms with Crippen LogP contribution in [0.4, 0.5) is 17.1 Å². The molecule has 0 fully saturated rings. The molecule has 106 valence electrons. The molecule has 0 amide bonds. The third-order valence-corrected chi connectivity index (χ3v) is 4.23. The molecular formula is C15H18N2O2S. The molecule has 0 aromatic heterocycles. The maximum absolute atomic E-state index is 11.5. The van der Waals surface area contributed by atoms with Crippen LogP contribution in [-0.4, -0.2) is 14.7 Å². The molecule has 0 spiro atoms. The van der Waals surface area contributed by atoms with Gasteiger partial charge >= 0.3 is 0 Å². The molecule has 2 rings (SSSR count). The van der Waals surface area contributed by atoms with Crippen molar-refractivity contribution < 1.29 is 8.42 Å². The van der Waals surface area contributed by atoms with Crippen molar-refractivity contribution in [3.63, 3.8) is 0 Å². The largest absolute Gasteiger partial charge is 0.397 e. The van der Waals surface area contributed by atoms with E-state index in [1.165, 1.54) is 17.9 Å². The molecule has 0 heterocycles. The second-order valence-electron chi connectivity index (χ2n) is 4.66. The second kappa shape index (κ2) is 5.54. The highest BCUT2D eigenvalue weighted by molar-refractivity contribution is 7.90. The summed E-state index contributed by atoms with van der Waals surface area (Å²) < 4.78 is 23.0. The lowest BCUT2D eigenvalue weighted by molar-refractivity contribution is 0.602. The summed E-state index contributed by atoms with van der Waals surface area (Å²) in [6.45, 7) is 2.08. The Labute approximate surface area is 119 Å². The quantitative estimate of drug-likeness (QED) is 0.849. The molecule has 0 radical (unpaired) electrons. The predicted molar refractivity (Wildman–Crippen MR) is 83.1 cm³/mol. The van der Waals surface area contributed by atoms with Crippen molar-refractivity contribution in [2.45, 2.75) is 18.2 Å². The zero-order chi connectivity index (χ0) is 14.8. The van der Waals surface area contributed by atoms with Crippen LogP contribution >= 0.6 is 0 Å². The minimum absolute atomic E-state index is 0.226. The molecule has 0 aliphatic rings. The Morgan fingerprint density at radius 2 is 1.80 bits per heavy atom. The number of nitrogen functional groups attached to an aromatic ring is 1. The zero-order valence-electron chi connectivity index (χ0n) is 11.6. The van der Waals surface area contributed by atoms with E-state index in [2.05, 4.69) is 12.2 Å². The van der Waals surface area contributed by atoms with Crippen molar-refractivity contribution in [3.05, 3.63) is 48.0 Å². The minimum atomic E-state index is -3.24. The number of para-hydroxylation sites is 1. The van der Waals surface area contributed by atoms with Gasteiger partial charge in [0.2, 0.25) is 0 Å². The van der Waals surface area contributed by atoms with Gasteiger partial charge in [0.25, 0.3) is 0 Å². The van der Waals surface area contributed by atoms with Gasteiger partial charge in [-0.2, -0.15) is 0 Å². The van der Waals surface area contributed by atoms with Crippen LogP contribution in [0.25, 0.3) is 0 Å². The Morgan fingerprint density at radius 1 is 1.10 bits per heavy atom. The van der Waals surface area contributed by atoms with E-state index < -0.39 is 9.84 Å². The highest BCUT2D eigenvalue weighted by Crippen LogP contribution is 2.27. The van der Waals surface area contributed by atoms with Gasteiger partial charge in [-0.25, -0.2) is 8.42 Å². The van der Waals surface area contributed by atoms with Gasteiger partial charge < -0.3 is 11.1 Å². The van der Waals surface area contributed by atoms with Crippen LogP contribution in [0.3, 0.4) is 0 Å². The summed E-state index contributed by atoms with van der Waals surface area (Å²) in [5.41, 5.74) is 9.21. The molecule has 4 nitrogen and oxygen atoms in total. The number of nitrogens with one attached hydrogen (secondary N) is 1. The molecule has 0 saturated heterocycles. The van der Waals surface area contributed by atoms with Crippen LogP contribution in [0.1, 0.15) is 12.5 Å². The number of rotatable bonds is 4. The lowest BCUT2D eigenvalue weighted by Gasteiger charge is -2.13. The van der Waals surface area contributed by atoms with Crippen LogP contribution in [-0.2, 0) is 16.3 Å². The normalized spacial score (nSPS) is 11.3. The minimum Gasteiger partial charge on any atom is -0.397 e. The Balaban J connectivity index is 2.35. The highest BCUT2D eigenvalue weighted by atomic mass is 32.2. The van der Waals surface area contributed by atoms with Crippen LogP contribution in [0.2, 0.25) is 0 Å². The fraction of sp³-hybridized carbons (Fsp3) is 0.200. The van der Waals surface area contributed by atoms with E-state index in [1.807, 2.05) is 24.3 Å². The third kappa shape index (κ3) is 3.11. The fourth-order valence-corrected chi connectivity index (χ4v) is 2.64. The van der Waals surface area contributed by atoms with Crippen molar-refractivity contribution in [2.75, 3.05) is 17.3 Å². The molecular weight excluding hydrogens is 272 g/mol. The summed E-state index contributed by atoms with van der Waals surface area (Å²) in [5, 5.41) is 3.25. The van der Waals surface area contributed by atoms with Gasteiger partial charge in [0.05, 0.1) is 16.3 Å². The van der Waals surface area contributed by atoms with E-state index in [0.29, 0.717) is 11.4 Å². The maximum atomic E-state index is 11.5. The van der Waals surface area contributed by atoms with Gasteiger partial charge in [0.1, 0.15) is 0 Å². The molecule has 3 N–H and O–H groups in total. The Bertz CT molecular complexity index is 724. The number of sulfone groups is 1. The van der Waals surface area contributed by atoms with E-state index in [-0.39, 0.29) is 4.90 Å². The summed E-state index contributed by atoms with van der Waals surface area (Å²) >= 11 is 0. The number of nitrogens with two attached hydrogens (primary N) is 1. The molecule has 0 saturated carbocycles. The lowest BCUT2D eigenvalue weighted by atomic mass is 10.1. The first kappa shape index (κ1) is 14.4. The molecule has 2 aromatic carbocycles. The molecule has 2 aromatic rings. The Kier molecular flexibility index (Phi) is 3.99. The monoisotopic (exact) mass is 290 g/mol. The van der Waals surface area contributed by atoms with E-state index in [0.717, 1.165) is 12.1 Å². The van der Waals surface area contributed by atoms with Crippen molar-refractivity contribution in [2.24, 2.45) is 0 Å². The number of benzene rings is 2. The third-order valence-electron chi connectivity index (χ3n) is 3.12. The number of aryl methyl sites for hydroxylation is 1. The van der Waals surface area contributed by atoms with Gasteiger partial charge in [0.15, 0.2) is 9.84 Å². The first-order valence-electron chi connectivity index (χ1n) is 6.36. The predicted octanol–water partition coefficient (Wildman–Crippen LogP) is 2.98. The molecule has 5 heteroatoms. The van der Waals surface area contributed by atoms with Crippen molar-refractivity contribution in [1.82, 2.24) is 0 Å². The van der Waals surface area contributed by atoms with Gasteiger partial charge in [0, 0.05) is 11.9 Å². The molecule has 20 heavy (non-hydrogen) atoms. The van der Waals surface area contributed by atoms with Crippen molar-refractivity contribution in [3.8, 4) is 0 Å². The van der Waals surface area contributed by atoms with Gasteiger partial charge in [-0.15, -0.1) is 0 Å².